The fourth-order valence-corrected chi connectivity index (χ4v) is 3.30. The van der Waals surface area contributed by atoms with Gasteiger partial charge in [0, 0.05) is 6.20 Å². The summed E-state index contributed by atoms with van der Waals surface area (Å²) in [5, 5.41) is 0. The molecule has 0 bridgehead atoms. The molecule has 1 saturated carbocycles. The van der Waals surface area contributed by atoms with Crippen molar-refractivity contribution >= 4 is 11.6 Å². The van der Waals surface area contributed by atoms with Crippen LogP contribution in [0.15, 0.2) is 12.3 Å². The lowest BCUT2D eigenvalue weighted by molar-refractivity contribution is 0.0635. The van der Waals surface area contributed by atoms with E-state index >= 15 is 0 Å². The van der Waals surface area contributed by atoms with Gasteiger partial charge in [-0.25, -0.2) is 4.98 Å². The van der Waals surface area contributed by atoms with Gasteiger partial charge in [-0.15, -0.1) is 0 Å². The number of nitrogen functional groups attached to an aromatic ring is 1. The Labute approximate surface area is 121 Å². The average molecular weight is 275 g/mol. The molecule has 110 valence electrons. The summed E-state index contributed by atoms with van der Waals surface area (Å²) in [5.41, 5.74) is 7.10. The van der Waals surface area contributed by atoms with Gasteiger partial charge in [-0.3, -0.25) is 9.69 Å². The lowest BCUT2D eigenvalue weighted by Gasteiger charge is -2.38. The molecule has 0 aliphatic heterocycles. The third-order valence-corrected chi connectivity index (χ3v) is 4.63. The third kappa shape index (κ3) is 2.57. The Balaban J connectivity index is 2.46. The predicted octanol–water partition coefficient (Wildman–Crippen LogP) is 2.81. The lowest BCUT2D eigenvalue weighted by Crippen LogP contribution is -2.51. The summed E-state index contributed by atoms with van der Waals surface area (Å²) in [6, 6.07) is 1.86. The Bertz CT molecular complexity index is 468. The number of rotatable bonds is 3. The number of carbonyl (C=O) groups is 1. The van der Waals surface area contributed by atoms with E-state index in [2.05, 4.69) is 9.88 Å². The first-order chi connectivity index (χ1) is 9.49. The summed E-state index contributed by atoms with van der Waals surface area (Å²) in [7, 11) is 4.01. The molecule has 1 aromatic rings. The molecule has 0 saturated heterocycles. The molecule has 1 aromatic heterocycles. The van der Waals surface area contributed by atoms with Crippen molar-refractivity contribution < 1.29 is 4.79 Å². The van der Waals surface area contributed by atoms with Crippen LogP contribution in [0.3, 0.4) is 0 Å². The Morgan fingerprint density at radius 1 is 1.25 bits per heavy atom. The van der Waals surface area contributed by atoms with Crippen molar-refractivity contribution in [2.45, 2.75) is 51.0 Å². The van der Waals surface area contributed by atoms with E-state index in [1.54, 1.807) is 6.20 Å². The number of carbonyl (C=O) groups excluding carboxylic acids is 1. The number of anilines is 1. The molecular formula is C16H25N3O. The summed E-state index contributed by atoms with van der Waals surface area (Å²) in [6.45, 7) is 1.94. The molecule has 1 aliphatic carbocycles. The van der Waals surface area contributed by atoms with Crippen LogP contribution in [0.4, 0.5) is 5.82 Å². The number of hydrogen-bond donors (Lipinski definition) is 1. The highest BCUT2D eigenvalue weighted by Gasteiger charge is 2.42. The van der Waals surface area contributed by atoms with Gasteiger partial charge in [0.05, 0.1) is 11.1 Å². The molecule has 0 spiro atoms. The minimum Gasteiger partial charge on any atom is -0.383 e. The molecule has 1 fully saturated rings. The quantitative estimate of drug-likeness (QED) is 0.680. The maximum Gasteiger partial charge on any atom is 0.187 e. The van der Waals surface area contributed by atoms with Crippen LogP contribution >= 0.6 is 0 Å². The highest BCUT2D eigenvalue weighted by molar-refractivity contribution is 6.07. The Kier molecular flexibility index (Phi) is 4.43. The molecule has 1 aliphatic rings. The minimum atomic E-state index is -0.418. The van der Waals surface area contributed by atoms with Crippen molar-refractivity contribution in [3.63, 3.8) is 0 Å². The van der Waals surface area contributed by atoms with Gasteiger partial charge in [0.25, 0.3) is 0 Å². The Morgan fingerprint density at radius 2 is 1.85 bits per heavy atom. The van der Waals surface area contributed by atoms with Gasteiger partial charge in [-0.05, 0) is 45.5 Å². The van der Waals surface area contributed by atoms with Crippen LogP contribution in [-0.4, -0.2) is 35.3 Å². The van der Waals surface area contributed by atoms with Gasteiger partial charge < -0.3 is 5.73 Å². The zero-order valence-electron chi connectivity index (χ0n) is 12.8. The monoisotopic (exact) mass is 275 g/mol. The number of Topliss-reactive ketones (excluding diaryl/α,β-unsaturated/α-hetero) is 1. The summed E-state index contributed by atoms with van der Waals surface area (Å²) < 4.78 is 0. The van der Waals surface area contributed by atoms with Crippen LogP contribution in [-0.2, 0) is 0 Å². The molecule has 0 atom stereocenters. The number of ketones is 1. The van der Waals surface area contributed by atoms with E-state index in [1.807, 2.05) is 27.1 Å². The molecule has 2 N–H and O–H groups in total. The van der Waals surface area contributed by atoms with E-state index in [0.717, 1.165) is 31.2 Å². The van der Waals surface area contributed by atoms with Crippen LogP contribution in [0.2, 0.25) is 0 Å². The topological polar surface area (TPSA) is 59.2 Å². The Hall–Kier alpha value is -1.42. The summed E-state index contributed by atoms with van der Waals surface area (Å²) in [4.78, 5) is 19.4. The third-order valence-electron chi connectivity index (χ3n) is 4.63. The van der Waals surface area contributed by atoms with Crippen LogP contribution in [0, 0.1) is 6.92 Å². The van der Waals surface area contributed by atoms with Crippen molar-refractivity contribution in [2.24, 2.45) is 0 Å². The van der Waals surface area contributed by atoms with Gasteiger partial charge in [0.15, 0.2) is 5.78 Å². The van der Waals surface area contributed by atoms with E-state index in [-0.39, 0.29) is 5.78 Å². The second kappa shape index (κ2) is 5.92. The highest BCUT2D eigenvalue weighted by atomic mass is 16.1. The smallest absolute Gasteiger partial charge is 0.187 e. The van der Waals surface area contributed by atoms with Gasteiger partial charge >= 0.3 is 0 Å². The molecule has 2 rings (SSSR count). The SMILES string of the molecule is Cc1ccnc(N)c1C(=O)C1(N(C)C)CCCCCC1. The van der Waals surface area contributed by atoms with Crippen molar-refractivity contribution in [1.29, 1.82) is 0 Å². The van der Waals surface area contributed by atoms with Gasteiger partial charge in [-0.1, -0.05) is 25.7 Å². The molecule has 4 nitrogen and oxygen atoms in total. The molecule has 0 amide bonds. The van der Waals surface area contributed by atoms with Crippen LogP contribution < -0.4 is 5.73 Å². The highest BCUT2D eigenvalue weighted by Crippen LogP contribution is 2.35. The van der Waals surface area contributed by atoms with E-state index in [1.165, 1.54) is 12.8 Å². The zero-order chi connectivity index (χ0) is 14.8. The molecule has 0 radical (unpaired) electrons. The molecule has 4 heteroatoms. The predicted molar refractivity (Wildman–Crippen MR) is 81.8 cm³/mol. The number of hydrogen-bond acceptors (Lipinski definition) is 4. The molecule has 0 aromatic carbocycles. The van der Waals surface area contributed by atoms with Gasteiger partial charge in [-0.2, -0.15) is 0 Å². The van der Waals surface area contributed by atoms with Crippen molar-refractivity contribution in [2.75, 3.05) is 19.8 Å². The molecule has 1 heterocycles. The lowest BCUT2D eigenvalue weighted by atomic mass is 9.80. The number of likely N-dealkylation sites (N-methyl/N-ethyl adjacent to an activating group) is 1. The van der Waals surface area contributed by atoms with Gasteiger partial charge in [0.2, 0.25) is 0 Å². The van der Waals surface area contributed by atoms with Crippen LogP contribution in [0.5, 0.6) is 0 Å². The first kappa shape index (κ1) is 15.0. The number of pyridine rings is 1. The summed E-state index contributed by atoms with van der Waals surface area (Å²) >= 11 is 0. The molecule has 0 unspecified atom stereocenters. The second-order valence-corrected chi connectivity index (χ2v) is 6.06. The maximum absolute atomic E-state index is 13.2. The van der Waals surface area contributed by atoms with Crippen LogP contribution in [0.25, 0.3) is 0 Å². The van der Waals surface area contributed by atoms with Gasteiger partial charge in [0.1, 0.15) is 5.82 Å². The molecule has 20 heavy (non-hydrogen) atoms. The molecular weight excluding hydrogens is 250 g/mol. The largest absolute Gasteiger partial charge is 0.383 e. The van der Waals surface area contributed by atoms with Crippen molar-refractivity contribution in [1.82, 2.24) is 9.88 Å². The van der Waals surface area contributed by atoms with E-state index in [9.17, 15) is 4.79 Å². The normalized spacial score (nSPS) is 18.8. The second-order valence-electron chi connectivity index (χ2n) is 6.06. The van der Waals surface area contributed by atoms with Crippen LogP contribution in [0.1, 0.15) is 54.4 Å². The first-order valence-corrected chi connectivity index (χ1v) is 7.42. The maximum atomic E-state index is 13.2. The van der Waals surface area contributed by atoms with E-state index in [0.29, 0.717) is 11.4 Å². The Morgan fingerprint density at radius 3 is 2.35 bits per heavy atom. The average Bonchev–Trinajstić information content (AvgIpc) is 2.64. The number of aromatic nitrogens is 1. The zero-order valence-corrected chi connectivity index (χ0v) is 12.8. The van der Waals surface area contributed by atoms with Crippen molar-refractivity contribution in [3.8, 4) is 0 Å². The first-order valence-electron chi connectivity index (χ1n) is 7.42. The number of nitrogens with zero attached hydrogens (tertiary/aromatic N) is 2. The fourth-order valence-electron chi connectivity index (χ4n) is 3.30. The van der Waals surface area contributed by atoms with E-state index in [4.69, 9.17) is 5.73 Å². The van der Waals surface area contributed by atoms with E-state index < -0.39 is 5.54 Å². The minimum absolute atomic E-state index is 0.146. The standard InChI is InChI=1S/C16H25N3O/c1-12-8-11-18-15(17)13(12)14(20)16(19(2)3)9-6-4-5-7-10-16/h8,11H,4-7,9-10H2,1-3H3,(H2,17,18). The summed E-state index contributed by atoms with van der Waals surface area (Å²) in [6.07, 6.45) is 8.11. The number of aryl methyl sites for hydroxylation is 1. The number of nitrogens with two attached hydrogens (primary N) is 1. The fraction of sp³-hybridized carbons (Fsp3) is 0.625. The van der Waals surface area contributed by atoms with Crippen molar-refractivity contribution in [3.05, 3.63) is 23.4 Å². The summed E-state index contributed by atoms with van der Waals surface area (Å²) in [5.74, 6) is 0.507.